The van der Waals surface area contributed by atoms with E-state index in [1.807, 2.05) is 45.0 Å². The Bertz CT molecular complexity index is 2140. The van der Waals surface area contributed by atoms with Crippen molar-refractivity contribution in [3.8, 4) is 11.5 Å². The summed E-state index contributed by atoms with van der Waals surface area (Å²) in [5.41, 5.74) is -0.513. The predicted molar refractivity (Wildman–Crippen MR) is 216 cm³/mol. The SMILES string of the molecule is CCOc1cc(OC)c(S(=O)(=O)N2CCCC2)cc1C1=N[C@@](C)(c2ccc(Cl)cc2)[C@@](C)(c2ccc(Cl)cc2)N1C(=O)N1CCN(CCCS(C)(=O)=O)CC1. The number of rotatable bonds is 12. The second kappa shape index (κ2) is 16.2. The Hall–Kier alpha value is -3.40. The van der Waals surface area contributed by atoms with Gasteiger partial charge in [-0.2, -0.15) is 4.31 Å². The summed E-state index contributed by atoms with van der Waals surface area (Å²) in [7, 11) is -5.67. The van der Waals surface area contributed by atoms with Crippen LogP contribution in [0.4, 0.5) is 4.79 Å². The van der Waals surface area contributed by atoms with Crippen LogP contribution in [0.1, 0.15) is 56.7 Å². The van der Waals surface area contributed by atoms with Crippen LogP contribution in [0.5, 0.6) is 11.5 Å². The number of hydrogen-bond acceptors (Lipinski definition) is 9. The van der Waals surface area contributed by atoms with E-state index in [9.17, 15) is 16.8 Å². The molecule has 2 saturated heterocycles. The number of methoxy groups -OCH3 is 1. The molecule has 0 unspecified atom stereocenters. The highest BCUT2D eigenvalue weighted by Crippen LogP contribution is 2.54. The number of amides is 2. The summed E-state index contributed by atoms with van der Waals surface area (Å²) in [6, 6.07) is 17.5. The lowest BCUT2D eigenvalue weighted by atomic mass is 9.71. The van der Waals surface area contributed by atoms with Gasteiger partial charge in [-0.1, -0.05) is 47.5 Å². The van der Waals surface area contributed by atoms with Crippen molar-refractivity contribution in [2.24, 2.45) is 4.99 Å². The second-order valence-corrected chi connectivity index (χ2v) is 19.6. The number of ether oxygens (including phenoxy) is 2. The van der Waals surface area contributed by atoms with Crippen molar-refractivity contribution in [3.05, 3.63) is 87.4 Å². The molecule has 2 atom stereocenters. The van der Waals surface area contributed by atoms with Gasteiger partial charge in [0.1, 0.15) is 43.1 Å². The molecule has 0 saturated carbocycles. The molecule has 0 spiro atoms. The molecule has 0 aliphatic carbocycles. The molecule has 3 aromatic rings. The van der Waals surface area contributed by atoms with E-state index in [2.05, 4.69) is 4.90 Å². The van der Waals surface area contributed by atoms with E-state index in [1.54, 1.807) is 40.1 Å². The van der Waals surface area contributed by atoms with Crippen molar-refractivity contribution < 1.29 is 31.1 Å². The van der Waals surface area contributed by atoms with Gasteiger partial charge in [-0.15, -0.1) is 0 Å². The lowest BCUT2D eigenvalue weighted by Crippen LogP contribution is -2.60. The Kier molecular flexibility index (Phi) is 12.2. The normalized spacial score (nSPS) is 22.6. The van der Waals surface area contributed by atoms with Crippen LogP contribution in [-0.2, 0) is 30.9 Å². The van der Waals surface area contributed by atoms with E-state index < -0.39 is 30.9 Å². The largest absolute Gasteiger partial charge is 0.495 e. The van der Waals surface area contributed by atoms with Gasteiger partial charge >= 0.3 is 6.03 Å². The van der Waals surface area contributed by atoms with Crippen LogP contribution >= 0.6 is 23.2 Å². The molecule has 0 aromatic heterocycles. The summed E-state index contributed by atoms with van der Waals surface area (Å²) >= 11 is 12.8. The molecule has 2 fully saturated rings. The van der Waals surface area contributed by atoms with Crippen molar-refractivity contribution in [2.45, 2.75) is 56.0 Å². The van der Waals surface area contributed by atoms with Gasteiger partial charge < -0.3 is 14.4 Å². The van der Waals surface area contributed by atoms with Gasteiger partial charge in [0.25, 0.3) is 0 Å². The number of halogens is 2. The lowest BCUT2D eigenvalue weighted by Gasteiger charge is -2.47. The average molecular weight is 835 g/mol. The molecular weight excluding hydrogens is 785 g/mol. The fourth-order valence-corrected chi connectivity index (χ4v) is 10.4. The molecular formula is C39H49Cl2N5O7S2. The topological polar surface area (TPSA) is 129 Å². The van der Waals surface area contributed by atoms with Gasteiger partial charge in [-0.3, -0.25) is 14.8 Å². The van der Waals surface area contributed by atoms with Crippen LogP contribution in [0, 0.1) is 0 Å². The van der Waals surface area contributed by atoms with Crippen molar-refractivity contribution in [1.29, 1.82) is 0 Å². The van der Waals surface area contributed by atoms with Crippen LogP contribution in [-0.4, -0.2) is 119 Å². The zero-order valence-corrected chi connectivity index (χ0v) is 35.1. The van der Waals surface area contributed by atoms with Gasteiger partial charge in [-0.25, -0.2) is 21.6 Å². The van der Waals surface area contributed by atoms with Crippen LogP contribution in [0.2, 0.25) is 10.0 Å². The first kappa shape index (κ1) is 41.2. The summed E-state index contributed by atoms with van der Waals surface area (Å²) < 4.78 is 65.4. The zero-order valence-electron chi connectivity index (χ0n) is 31.9. The molecule has 16 heteroatoms. The maximum atomic E-state index is 15.4. The van der Waals surface area contributed by atoms with E-state index in [-0.39, 0.29) is 34.9 Å². The maximum Gasteiger partial charge on any atom is 0.326 e. The van der Waals surface area contributed by atoms with E-state index in [0.29, 0.717) is 73.6 Å². The van der Waals surface area contributed by atoms with Gasteiger partial charge in [0.05, 0.1) is 25.0 Å². The number of carbonyl (C=O) groups excluding carboxylic acids is 1. The molecule has 12 nitrogen and oxygen atoms in total. The summed E-state index contributed by atoms with van der Waals surface area (Å²) in [6.45, 7) is 9.24. The first-order valence-corrected chi connectivity index (χ1v) is 22.8. The lowest BCUT2D eigenvalue weighted by molar-refractivity contribution is 0.0868. The number of sulfone groups is 1. The van der Waals surface area contributed by atoms with Gasteiger partial charge in [-0.05, 0) is 88.0 Å². The van der Waals surface area contributed by atoms with Crippen molar-refractivity contribution in [1.82, 2.24) is 19.0 Å². The van der Waals surface area contributed by atoms with Gasteiger partial charge in [0, 0.05) is 61.6 Å². The number of benzene rings is 3. The molecule has 298 valence electrons. The molecule has 0 N–H and O–H groups in total. The highest BCUT2D eigenvalue weighted by molar-refractivity contribution is 7.90. The molecule has 55 heavy (non-hydrogen) atoms. The number of urea groups is 1. The standard InChI is InChI=1S/C39H49Cl2N5O7S2/c1-6-53-33-27-34(52-4)35(55(50,51)45-19-7-8-20-45)26-32(33)36-42-38(2,28-10-14-30(40)15-11-28)39(3,29-12-16-31(41)17-13-29)46(36)37(47)44-23-21-43(22-24-44)18-9-25-54(5,48)49/h10-17,26-27H,6-9,18-25H2,1-5H3/t38-,39+/m0/s1. The fraction of sp³-hybridized carbons (Fsp3) is 0.487. The summed E-state index contributed by atoms with van der Waals surface area (Å²) in [5.74, 6) is 0.774. The number of aliphatic imine (C=N–C) groups is 1. The van der Waals surface area contributed by atoms with E-state index in [0.717, 1.165) is 24.0 Å². The van der Waals surface area contributed by atoms with Crippen LogP contribution < -0.4 is 9.47 Å². The summed E-state index contributed by atoms with van der Waals surface area (Å²) in [5, 5.41) is 1.06. The van der Waals surface area contributed by atoms with Gasteiger partial charge in [0.2, 0.25) is 10.0 Å². The number of hydrogen-bond donors (Lipinski definition) is 0. The Morgan fingerprint density at radius 1 is 0.836 bits per heavy atom. The Labute approximate surface area is 335 Å². The Balaban J connectivity index is 1.54. The molecule has 3 aliphatic rings. The fourth-order valence-electron chi connectivity index (χ4n) is 7.84. The minimum absolute atomic E-state index is 0.0403. The highest BCUT2D eigenvalue weighted by Gasteiger charge is 2.60. The van der Waals surface area contributed by atoms with Crippen molar-refractivity contribution in [2.75, 3.05) is 71.5 Å². The van der Waals surface area contributed by atoms with Gasteiger partial charge in [0.15, 0.2) is 0 Å². The number of amidine groups is 1. The summed E-state index contributed by atoms with van der Waals surface area (Å²) in [6.07, 6.45) is 3.25. The number of sulfonamides is 1. The third-order valence-corrected chi connectivity index (χ3v) is 14.5. The first-order valence-electron chi connectivity index (χ1n) is 18.5. The molecule has 0 radical (unpaired) electrons. The molecule has 6 rings (SSSR count). The second-order valence-electron chi connectivity index (χ2n) is 14.6. The third kappa shape index (κ3) is 8.08. The Morgan fingerprint density at radius 3 is 1.96 bits per heavy atom. The van der Waals surface area contributed by atoms with Crippen LogP contribution in [0.15, 0.2) is 70.6 Å². The van der Waals surface area contributed by atoms with Crippen LogP contribution in [0.3, 0.4) is 0 Å². The third-order valence-electron chi connectivity index (χ3n) is 11.1. The molecule has 0 bridgehead atoms. The minimum Gasteiger partial charge on any atom is -0.495 e. The average Bonchev–Trinajstić information content (AvgIpc) is 3.78. The quantitative estimate of drug-likeness (QED) is 0.210. The van der Waals surface area contributed by atoms with E-state index in [4.69, 9.17) is 37.7 Å². The minimum atomic E-state index is -4.01. The highest BCUT2D eigenvalue weighted by atomic mass is 35.5. The smallest absolute Gasteiger partial charge is 0.326 e. The predicted octanol–water partition coefficient (Wildman–Crippen LogP) is 6.25. The monoisotopic (exact) mass is 833 g/mol. The first-order chi connectivity index (χ1) is 26.0. The molecule has 3 heterocycles. The molecule has 3 aliphatic heterocycles. The number of piperazine rings is 1. The maximum absolute atomic E-state index is 15.4. The van der Waals surface area contributed by atoms with E-state index >= 15 is 4.79 Å². The molecule has 2 amide bonds. The Morgan fingerprint density at radius 2 is 1.42 bits per heavy atom. The molecule has 3 aromatic carbocycles. The van der Waals surface area contributed by atoms with Crippen molar-refractivity contribution in [3.63, 3.8) is 0 Å². The van der Waals surface area contributed by atoms with E-state index in [1.165, 1.54) is 23.7 Å². The van der Waals surface area contributed by atoms with Crippen LogP contribution in [0.25, 0.3) is 0 Å². The number of carbonyl (C=O) groups is 1. The zero-order chi connectivity index (χ0) is 39.8. The number of nitrogens with zero attached hydrogens (tertiary/aromatic N) is 5. The van der Waals surface area contributed by atoms with Crippen molar-refractivity contribution >= 4 is 54.9 Å². The summed E-state index contributed by atoms with van der Waals surface area (Å²) in [4.78, 5) is 26.4.